The van der Waals surface area contributed by atoms with Crippen LogP contribution in [0.4, 0.5) is 5.82 Å². The fourth-order valence-corrected chi connectivity index (χ4v) is 2.36. The Bertz CT molecular complexity index is 527. The Morgan fingerprint density at radius 1 is 1.52 bits per heavy atom. The number of anilines is 1. The van der Waals surface area contributed by atoms with Crippen molar-refractivity contribution in [2.75, 3.05) is 24.5 Å². The monoisotopic (exact) mass is 289 g/mol. The van der Waals surface area contributed by atoms with E-state index in [1.165, 1.54) is 6.20 Å². The fourth-order valence-electron chi connectivity index (χ4n) is 2.36. The van der Waals surface area contributed by atoms with Crippen LogP contribution in [0.5, 0.6) is 0 Å². The summed E-state index contributed by atoms with van der Waals surface area (Å²) in [5.74, 6) is -0.603. The maximum Gasteiger partial charge on any atom is 0.308 e. The lowest BCUT2D eigenvalue weighted by Crippen LogP contribution is -2.39. The van der Waals surface area contributed by atoms with Crippen LogP contribution in [0.2, 0.25) is 0 Å². The van der Waals surface area contributed by atoms with Gasteiger partial charge in [0.25, 0.3) is 5.91 Å². The molecule has 0 aliphatic carbocycles. The number of pyridine rings is 1. The van der Waals surface area contributed by atoms with Gasteiger partial charge in [0.2, 0.25) is 0 Å². The topological polar surface area (TPSA) is 82.5 Å². The van der Waals surface area contributed by atoms with Gasteiger partial charge in [-0.2, -0.15) is 0 Å². The molecule has 2 rings (SSSR count). The minimum atomic E-state index is -0.764. The zero-order valence-corrected chi connectivity index (χ0v) is 11.8. The molecule has 0 saturated carbocycles. The maximum atomic E-state index is 11.7. The second-order valence-corrected chi connectivity index (χ2v) is 5.03. The minimum absolute atomic E-state index is 0.198. The number of hydrogen-bond donors (Lipinski definition) is 2. The van der Waals surface area contributed by atoms with E-state index in [2.05, 4.69) is 16.9 Å². The van der Waals surface area contributed by atoms with E-state index < -0.39 is 5.97 Å². The number of aromatic nitrogens is 1. The van der Waals surface area contributed by atoms with E-state index in [0.717, 1.165) is 13.0 Å². The molecule has 1 aromatic heterocycles. The van der Waals surface area contributed by atoms with Crippen LogP contribution in [0.1, 0.15) is 23.2 Å². The number of aliphatic carboxylic acids is 1. The average molecular weight is 289 g/mol. The van der Waals surface area contributed by atoms with E-state index in [9.17, 15) is 9.59 Å². The molecule has 1 saturated heterocycles. The lowest BCUT2D eigenvalue weighted by Gasteiger charge is -2.31. The van der Waals surface area contributed by atoms with Gasteiger partial charge in [-0.1, -0.05) is 6.08 Å². The molecular formula is C15H19N3O3. The molecule has 1 aliphatic heterocycles. The second-order valence-electron chi connectivity index (χ2n) is 5.03. The number of carbonyl (C=O) groups excluding carboxylic acids is 1. The summed E-state index contributed by atoms with van der Waals surface area (Å²) in [7, 11) is 0. The number of amides is 1. The van der Waals surface area contributed by atoms with Crippen molar-refractivity contribution in [2.45, 2.75) is 12.8 Å². The molecule has 6 heteroatoms. The van der Waals surface area contributed by atoms with E-state index in [1.54, 1.807) is 18.2 Å². The highest BCUT2D eigenvalue weighted by molar-refractivity contribution is 5.94. The molecule has 21 heavy (non-hydrogen) atoms. The van der Waals surface area contributed by atoms with Gasteiger partial charge >= 0.3 is 5.97 Å². The zero-order chi connectivity index (χ0) is 15.2. The van der Waals surface area contributed by atoms with Gasteiger partial charge in [0.05, 0.1) is 11.5 Å². The molecule has 0 spiro atoms. The molecule has 112 valence electrons. The normalized spacial score (nSPS) is 18.1. The van der Waals surface area contributed by atoms with Crippen molar-refractivity contribution in [3.8, 4) is 0 Å². The first-order chi connectivity index (χ1) is 10.1. The van der Waals surface area contributed by atoms with E-state index in [-0.39, 0.29) is 11.8 Å². The molecule has 1 unspecified atom stereocenters. The number of nitrogens with zero attached hydrogens (tertiary/aromatic N) is 2. The highest BCUT2D eigenvalue weighted by atomic mass is 16.4. The average Bonchev–Trinajstić information content (AvgIpc) is 2.53. The third-order valence-electron chi connectivity index (χ3n) is 3.51. The van der Waals surface area contributed by atoms with E-state index in [0.29, 0.717) is 30.9 Å². The van der Waals surface area contributed by atoms with Crippen LogP contribution in [0.3, 0.4) is 0 Å². The summed E-state index contributed by atoms with van der Waals surface area (Å²) in [6.45, 7) is 5.20. The third-order valence-corrected chi connectivity index (χ3v) is 3.51. The number of rotatable bonds is 5. The molecule has 0 aromatic carbocycles. The molecular weight excluding hydrogens is 270 g/mol. The van der Waals surface area contributed by atoms with Crippen molar-refractivity contribution in [1.82, 2.24) is 10.3 Å². The van der Waals surface area contributed by atoms with Gasteiger partial charge in [-0.3, -0.25) is 9.59 Å². The van der Waals surface area contributed by atoms with Crippen molar-refractivity contribution < 1.29 is 14.7 Å². The molecule has 1 atom stereocenters. The number of hydrogen-bond acceptors (Lipinski definition) is 4. The van der Waals surface area contributed by atoms with Gasteiger partial charge in [0.1, 0.15) is 5.82 Å². The number of carbonyl (C=O) groups is 2. The SMILES string of the molecule is C=CCNC(=O)c1ccc(N2CCCC(C(=O)O)C2)nc1. The molecule has 1 amide bonds. The van der Waals surface area contributed by atoms with Crippen LogP contribution in [-0.2, 0) is 4.79 Å². The van der Waals surface area contributed by atoms with Crippen LogP contribution < -0.4 is 10.2 Å². The molecule has 6 nitrogen and oxygen atoms in total. The van der Waals surface area contributed by atoms with Crippen LogP contribution in [-0.4, -0.2) is 41.6 Å². The summed E-state index contributed by atoms with van der Waals surface area (Å²) in [6, 6.07) is 3.46. The van der Waals surface area contributed by atoms with Crippen molar-refractivity contribution in [3.05, 3.63) is 36.5 Å². The van der Waals surface area contributed by atoms with Gasteiger partial charge in [0, 0.05) is 25.8 Å². The van der Waals surface area contributed by atoms with Crippen molar-refractivity contribution in [3.63, 3.8) is 0 Å². The zero-order valence-electron chi connectivity index (χ0n) is 11.8. The van der Waals surface area contributed by atoms with Gasteiger partial charge in [-0.15, -0.1) is 6.58 Å². The number of carboxylic acid groups (broad SMARTS) is 1. The Hall–Kier alpha value is -2.37. The number of carboxylic acids is 1. The van der Waals surface area contributed by atoms with Gasteiger partial charge in [0.15, 0.2) is 0 Å². The first kappa shape index (κ1) is 15.0. The standard InChI is InChI=1S/C15H19N3O3/c1-2-7-16-14(19)11-5-6-13(17-9-11)18-8-3-4-12(10-18)15(20)21/h2,5-6,9,12H,1,3-4,7-8,10H2,(H,16,19)(H,20,21). The van der Waals surface area contributed by atoms with Gasteiger partial charge in [-0.05, 0) is 25.0 Å². The summed E-state index contributed by atoms with van der Waals surface area (Å²) in [5.41, 5.74) is 0.479. The smallest absolute Gasteiger partial charge is 0.308 e. The molecule has 1 aliphatic rings. The Balaban J connectivity index is 2.03. The van der Waals surface area contributed by atoms with E-state index in [1.807, 2.05) is 4.90 Å². The third kappa shape index (κ3) is 3.81. The van der Waals surface area contributed by atoms with Crippen molar-refractivity contribution >= 4 is 17.7 Å². The van der Waals surface area contributed by atoms with Crippen molar-refractivity contribution in [2.24, 2.45) is 5.92 Å². The predicted octanol–water partition coefficient (Wildman–Crippen LogP) is 1.30. The van der Waals surface area contributed by atoms with Gasteiger partial charge < -0.3 is 15.3 Å². The van der Waals surface area contributed by atoms with Crippen molar-refractivity contribution in [1.29, 1.82) is 0 Å². The molecule has 1 fully saturated rings. The summed E-state index contributed by atoms with van der Waals surface area (Å²) in [6.07, 6.45) is 4.66. The van der Waals surface area contributed by atoms with E-state index in [4.69, 9.17) is 5.11 Å². The number of nitrogens with one attached hydrogen (secondary N) is 1. The Labute approximate surface area is 123 Å². The van der Waals surface area contributed by atoms with E-state index >= 15 is 0 Å². The Morgan fingerprint density at radius 3 is 2.95 bits per heavy atom. The number of piperidine rings is 1. The highest BCUT2D eigenvalue weighted by Gasteiger charge is 2.26. The summed E-state index contributed by atoms with van der Waals surface area (Å²) in [5, 5.41) is 11.8. The molecule has 1 aromatic rings. The summed E-state index contributed by atoms with van der Waals surface area (Å²) >= 11 is 0. The largest absolute Gasteiger partial charge is 0.481 e. The van der Waals surface area contributed by atoms with Gasteiger partial charge in [-0.25, -0.2) is 4.98 Å². The van der Waals surface area contributed by atoms with Crippen LogP contribution in [0.25, 0.3) is 0 Å². The lowest BCUT2D eigenvalue weighted by molar-refractivity contribution is -0.141. The Kier molecular flexibility index (Phi) is 4.92. The molecule has 0 bridgehead atoms. The van der Waals surface area contributed by atoms with Crippen LogP contribution in [0.15, 0.2) is 31.0 Å². The fraction of sp³-hybridized carbons (Fsp3) is 0.400. The van der Waals surface area contributed by atoms with Crippen LogP contribution >= 0.6 is 0 Å². The summed E-state index contributed by atoms with van der Waals surface area (Å²) < 4.78 is 0. The predicted molar refractivity (Wildman–Crippen MR) is 79.3 cm³/mol. The molecule has 2 N–H and O–H groups in total. The van der Waals surface area contributed by atoms with Crippen LogP contribution in [0, 0.1) is 5.92 Å². The highest BCUT2D eigenvalue weighted by Crippen LogP contribution is 2.21. The second kappa shape index (κ2) is 6.88. The quantitative estimate of drug-likeness (QED) is 0.798. The lowest BCUT2D eigenvalue weighted by atomic mass is 9.98. The molecule has 2 heterocycles. The Morgan fingerprint density at radius 2 is 2.33 bits per heavy atom. The first-order valence-electron chi connectivity index (χ1n) is 6.94. The minimum Gasteiger partial charge on any atom is -0.481 e. The summed E-state index contributed by atoms with van der Waals surface area (Å²) in [4.78, 5) is 29.0. The first-order valence-corrected chi connectivity index (χ1v) is 6.94. The molecule has 0 radical (unpaired) electrons. The maximum absolute atomic E-state index is 11.7.